The maximum Gasteiger partial charge on any atom is 0.230 e. The number of amides is 1. The van der Waals surface area contributed by atoms with E-state index >= 15 is 0 Å². The highest BCUT2D eigenvalue weighted by atomic mass is 16.5. The summed E-state index contributed by atoms with van der Waals surface area (Å²) in [6, 6.07) is 0.317. The van der Waals surface area contributed by atoms with E-state index in [1.54, 1.807) is 0 Å². The monoisotopic (exact) mass is 330 g/mol. The van der Waals surface area contributed by atoms with Gasteiger partial charge in [-0.2, -0.15) is 0 Å². The zero-order valence-corrected chi connectivity index (χ0v) is 15.0. The van der Waals surface area contributed by atoms with Gasteiger partial charge in [-0.3, -0.25) is 4.79 Å². The second-order valence-electron chi connectivity index (χ2n) is 6.64. The third kappa shape index (κ3) is 2.97. The molecule has 0 N–H and O–H groups in total. The summed E-state index contributed by atoms with van der Waals surface area (Å²) in [7, 11) is 0. The average Bonchev–Trinajstić information content (AvgIpc) is 3.20. The van der Waals surface area contributed by atoms with Crippen LogP contribution in [0.3, 0.4) is 0 Å². The van der Waals surface area contributed by atoms with E-state index in [9.17, 15) is 4.79 Å². The van der Waals surface area contributed by atoms with Crippen molar-refractivity contribution < 1.29 is 9.32 Å². The molecule has 1 saturated heterocycles. The molecule has 2 atom stereocenters. The van der Waals surface area contributed by atoms with Crippen molar-refractivity contribution >= 4 is 5.91 Å². The second-order valence-corrected chi connectivity index (χ2v) is 6.64. The molecule has 0 bridgehead atoms. The summed E-state index contributed by atoms with van der Waals surface area (Å²) in [5.74, 6) is 1.77. The standard InChI is InChI=1S/C18H26N4O2/c1-5-16-19-8-10-22(16)15-7-6-9-21(11-15)18(23)12(2)17-13(3)20-24-14(17)4/h8,10,12,15H,5-7,9,11H2,1-4H3/t12-,15-/m1/s1. The predicted octanol–water partition coefficient (Wildman–Crippen LogP) is 3.02. The van der Waals surface area contributed by atoms with E-state index in [2.05, 4.69) is 21.6 Å². The van der Waals surface area contributed by atoms with Crippen LogP contribution < -0.4 is 0 Å². The van der Waals surface area contributed by atoms with Crippen LogP contribution in [0.2, 0.25) is 0 Å². The van der Waals surface area contributed by atoms with Crippen LogP contribution in [0.5, 0.6) is 0 Å². The molecule has 0 spiro atoms. The van der Waals surface area contributed by atoms with Crippen molar-refractivity contribution in [3.8, 4) is 0 Å². The molecule has 1 aliphatic rings. The molecule has 0 aliphatic carbocycles. The van der Waals surface area contributed by atoms with Crippen LogP contribution in [0.15, 0.2) is 16.9 Å². The second kappa shape index (κ2) is 6.79. The van der Waals surface area contributed by atoms with Gasteiger partial charge in [0.25, 0.3) is 0 Å². The third-order valence-electron chi connectivity index (χ3n) is 5.06. The summed E-state index contributed by atoms with van der Waals surface area (Å²) in [6.07, 6.45) is 6.91. The van der Waals surface area contributed by atoms with Crippen LogP contribution in [0.4, 0.5) is 0 Å². The number of hydrogen-bond donors (Lipinski definition) is 0. The van der Waals surface area contributed by atoms with Gasteiger partial charge in [0.05, 0.1) is 17.7 Å². The molecule has 3 rings (SSSR count). The van der Waals surface area contributed by atoms with E-state index in [1.165, 1.54) is 0 Å². The van der Waals surface area contributed by atoms with E-state index in [0.29, 0.717) is 6.04 Å². The minimum atomic E-state index is -0.219. The van der Waals surface area contributed by atoms with Crippen molar-refractivity contribution in [2.24, 2.45) is 0 Å². The number of hydrogen-bond acceptors (Lipinski definition) is 4. The van der Waals surface area contributed by atoms with Gasteiger partial charge in [0.2, 0.25) is 5.91 Å². The molecule has 2 aromatic heterocycles. The van der Waals surface area contributed by atoms with Gasteiger partial charge in [-0.15, -0.1) is 0 Å². The topological polar surface area (TPSA) is 64.2 Å². The van der Waals surface area contributed by atoms with Gasteiger partial charge in [-0.05, 0) is 33.6 Å². The largest absolute Gasteiger partial charge is 0.361 e. The molecule has 1 aliphatic heterocycles. The van der Waals surface area contributed by atoms with Crippen molar-refractivity contribution in [3.63, 3.8) is 0 Å². The number of rotatable bonds is 4. The molecule has 1 fully saturated rings. The van der Waals surface area contributed by atoms with Gasteiger partial charge >= 0.3 is 0 Å². The van der Waals surface area contributed by atoms with Crippen molar-refractivity contribution in [1.82, 2.24) is 19.6 Å². The quantitative estimate of drug-likeness (QED) is 0.864. The molecular formula is C18H26N4O2. The summed E-state index contributed by atoms with van der Waals surface area (Å²) in [6.45, 7) is 9.40. The Morgan fingerprint density at radius 3 is 2.92 bits per heavy atom. The lowest BCUT2D eigenvalue weighted by Gasteiger charge is -2.35. The lowest BCUT2D eigenvalue weighted by atomic mass is 9.96. The van der Waals surface area contributed by atoms with Gasteiger partial charge in [-0.1, -0.05) is 12.1 Å². The Morgan fingerprint density at radius 2 is 2.25 bits per heavy atom. The zero-order valence-electron chi connectivity index (χ0n) is 15.0. The molecule has 0 unspecified atom stereocenters. The first-order valence-corrected chi connectivity index (χ1v) is 8.76. The van der Waals surface area contributed by atoms with Crippen LogP contribution in [0.25, 0.3) is 0 Å². The van der Waals surface area contributed by atoms with Gasteiger partial charge in [0.15, 0.2) is 0 Å². The van der Waals surface area contributed by atoms with E-state index < -0.39 is 0 Å². The van der Waals surface area contributed by atoms with Crippen molar-refractivity contribution in [1.29, 1.82) is 0 Å². The lowest BCUT2D eigenvalue weighted by molar-refractivity contribution is -0.134. The summed E-state index contributed by atoms with van der Waals surface area (Å²) < 4.78 is 7.47. The normalized spacial score (nSPS) is 19.5. The van der Waals surface area contributed by atoms with E-state index in [-0.39, 0.29) is 11.8 Å². The van der Waals surface area contributed by atoms with Crippen LogP contribution >= 0.6 is 0 Å². The highest BCUT2D eigenvalue weighted by Crippen LogP contribution is 2.29. The van der Waals surface area contributed by atoms with Crippen LogP contribution in [-0.2, 0) is 11.2 Å². The molecule has 6 nitrogen and oxygen atoms in total. The molecule has 2 aromatic rings. The summed E-state index contributed by atoms with van der Waals surface area (Å²) in [5.41, 5.74) is 1.74. The highest BCUT2D eigenvalue weighted by Gasteiger charge is 2.31. The van der Waals surface area contributed by atoms with Crippen molar-refractivity contribution in [2.45, 2.75) is 58.9 Å². The Bertz CT molecular complexity index is 699. The van der Waals surface area contributed by atoms with Gasteiger partial charge < -0.3 is 14.0 Å². The zero-order chi connectivity index (χ0) is 17.3. The summed E-state index contributed by atoms with van der Waals surface area (Å²) >= 11 is 0. The third-order valence-corrected chi connectivity index (χ3v) is 5.06. The summed E-state index contributed by atoms with van der Waals surface area (Å²) in [5, 5.41) is 3.98. The number of carbonyl (C=O) groups excluding carboxylic acids is 1. The van der Waals surface area contributed by atoms with Crippen LogP contribution in [0.1, 0.15) is 61.5 Å². The lowest BCUT2D eigenvalue weighted by Crippen LogP contribution is -2.42. The highest BCUT2D eigenvalue weighted by molar-refractivity contribution is 5.84. The molecule has 1 amide bonds. The van der Waals surface area contributed by atoms with Gasteiger partial charge in [0.1, 0.15) is 11.6 Å². The first-order valence-electron chi connectivity index (χ1n) is 8.76. The SMILES string of the molecule is CCc1nccn1[C@@H]1CCCN(C(=O)[C@H](C)c2c(C)noc2C)C1. The van der Waals surface area contributed by atoms with E-state index in [1.807, 2.05) is 38.1 Å². The first kappa shape index (κ1) is 16.7. The number of aryl methyl sites for hydroxylation is 3. The van der Waals surface area contributed by atoms with E-state index in [4.69, 9.17) is 4.52 Å². The Kier molecular flexibility index (Phi) is 4.73. The maximum absolute atomic E-state index is 13.0. The molecule has 130 valence electrons. The Balaban J connectivity index is 1.76. The van der Waals surface area contributed by atoms with Gasteiger partial charge in [-0.25, -0.2) is 4.98 Å². The molecular weight excluding hydrogens is 304 g/mol. The Labute approximate surface area is 142 Å². The molecule has 0 radical (unpaired) electrons. The average molecular weight is 330 g/mol. The maximum atomic E-state index is 13.0. The fraction of sp³-hybridized carbons (Fsp3) is 0.611. The van der Waals surface area contributed by atoms with Crippen LogP contribution in [0, 0.1) is 13.8 Å². The Hall–Kier alpha value is -2.11. The van der Waals surface area contributed by atoms with Gasteiger partial charge in [0, 0.05) is 37.5 Å². The number of likely N-dealkylation sites (tertiary alicyclic amines) is 1. The minimum absolute atomic E-state index is 0.160. The first-order chi connectivity index (χ1) is 11.5. The number of imidazole rings is 1. The molecule has 24 heavy (non-hydrogen) atoms. The minimum Gasteiger partial charge on any atom is -0.361 e. The fourth-order valence-corrected chi connectivity index (χ4v) is 3.84. The fourth-order valence-electron chi connectivity index (χ4n) is 3.84. The number of carbonyl (C=O) groups is 1. The van der Waals surface area contributed by atoms with E-state index in [0.717, 1.165) is 55.2 Å². The Morgan fingerprint density at radius 1 is 1.46 bits per heavy atom. The van der Waals surface area contributed by atoms with Crippen molar-refractivity contribution in [2.75, 3.05) is 13.1 Å². The number of nitrogens with zero attached hydrogens (tertiary/aromatic N) is 4. The smallest absolute Gasteiger partial charge is 0.230 e. The molecule has 6 heteroatoms. The molecule has 0 aromatic carbocycles. The van der Waals surface area contributed by atoms with Crippen molar-refractivity contribution in [3.05, 3.63) is 35.2 Å². The summed E-state index contributed by atoms with van der Waals surface area (Å²) in [4.78, 5) is 19.4. The molecule has 0 saturated carbocycles. The number of aromatic nitrogens is 3. The van der Waals surface area contributed by atoms with Crippen LogP contribution in [-0.4, -0.2) is 38.6 Å². The predicted molar refractivity (Wildman–Crippen MR) is 90.8 cm³/mol. The number of piperidine rings is 1. The molecule has 3 heterocycles.